The van der Waals surface area contributed by atoms with Gasteiger partial charge in [0.25, 0.3) is 0 Å². The van der Waals surface area contributed by atoms with Gasteiger partial charge in [0.2, 0.25) is 0 Å². The Bertz CT molecular complexity index is 455. The Hall–Kier alpha value is -1.33. The molecule has 1 aromatic carbocycles. The van der Waals surface area contributed by atoms with E-state index in [9.17, 15) is 10.4 Å². The van der Waals surface area contributed by atoms with Crippen molar-refractivity contribution in [2.45, 2.75) is 45.1 Å². The molecule has 2 nitrogen and oxygen atoms in total. The molecule has 17 heavy (non-hydrogen) atoms. The highest BCUT2D eigenvalue weighted by Crippen LogP contribution is 2.53. The third-order valence-electron chi connectivity index (χ3n) is 4.46. The first-order valence-electron chi connectivity index (χ1n) is 6.10. The Morgan fingerprint density at radius 1 is 1.29 bits per heavy atom. The van der Waals surface area contributed by atoms with Crippen LogP contribution in [0.3, 0.4) is 0 Å². The number of benzene rings is 1. The third kappa shape index (κ3) is 1.57. The Balaban J connectivity index is 2.53. The molecule has 1 aromatic rings. The second-order valence-electron chi connectivity index (χ2n) is 5.66. The number of aliphatic hydroxyl groups is 1. The summed E-state index contributed by atoms with van der Waals surface area (Å²) >= 11 is 0. The fourth-order valence-electron chi connectivity index (χ4n) is 2.94. The number of hydrogen-bond acceptors (Lipinski definition) is 2. The number of aliphatic hydroxyl groups excluding tert-OH is 1. The van der Waals surface area contributed by atoms with Crippen LogP contribution in [0.15, 0.2) is 24.3 Å². The standard InChI is InChI=1S/C15H19NO/c1-11-4-6-12(7-5-11)15(10-16)9-8-13(17)14(15,2)3/h4-7,13,17H,8-9H2,1-3H3. The summed E-state index contributed by atoms with van der Waals surface area (Å²) in [7, 11) is 0. The number of hydrogen-bond donors (Lipinski definition) is 1. The fourth-order valence-corrected chi connectivity index (χ4v) is 2.94. The normalized spacial score (nSPS) is 31.1. The second kappa shape index (κ2) is 3.85. The van der Waals surface area contributed by atoms with Crippen LogP contribution in [-0.4, -0.2) is 11.2 Å². The number of nitrogens with zero attached hydrogens (tertiary/aromatic N) is 1. The summed E-state index contributed by atoms with van der Waals surface area (Å²) in [5.41, 5.74) is 1.28. The van der Waals surface area contributed by atoms with Crippen molar-refractivity contribution in [3.05, 3.63) is 35.4 Å². The van der Waals surface area contributed by atoms with Gasteiger partial charge in [0, 0.05) is 5.41 Å². The lowest BCUT2D eigenvalue weighted by atomic mass is 9.64. The minimum Gasteiger partial charge on any atom is -0.392 e. The van der Waals surface area contributed by atoms with Crippen molar-refractivity contribution in [2.75, 3.05) is 0 Å². The van der Waals surface area contributed by atoms with Crippen LogP contribution in [0.5, 0.6) is 0 Å². The molecule has 90 valence electrons. The van der Waals surface area contributed by atoms with Gasteiger partial charge in [0.05, 0.1) is 17.6 Å². The molecule has 0 aromatic heterocycles. The molecule has 0 saturated heterocycles. The molecule has 0 heterocycles. The zero-order chi connectivity index (χ0) is 12.7. The Morgan fingerprint density at radius 3 is 2.29 bits per heavy atom. The highest BCUT2D eigenvalue weighted by molar-refractivity contribution is 5.39. The van der Waals surface area contributed by atoms with E-state index in [1.54, 1.807) is 0 Å². The lowest BCUT2D eigenvalue weighted by Gasteiger charge is -2.37. The maximum atomic E-state index is 10.1. The van der Waals surface area contributed by atoms with Gasteiger partial charge < -0.3 is 5.11 Å². The molecular formula is C15H19NO. The van der Waals surface area contributed by atoms with Gasteiger partial charge in [0.1, 0.15) is 0 Å². The quantitative estimate of drug-likeness (QED) is 0.804. The fraction of sp³-hybridized carbons (Fsp3) is 0.533. The Kier molecular flexibility index (Phi) is 2.75. The molecule has 0 amide bonds. The molecule has 0 aliphatic heterocycles. The van der Waals surface area contributed by atoms with Crippen molar-refractivity contribution in [1.82, 2.24) is 0 Å². The van der Waals surface area contributed by atoms with E-state index in [4.69, 9.17) is 0 Å². The number of aryl methyl sites for hydroxylation is 1. The summed E-state index contributed by atoms with van der Waals surface area (Å²) in [6.45, 7) is 6.03. The van der Waals surface area contributed by atoms with E-state index in [1.165, 1.54) is 5.56 Å². The molecule has 1 N–H and O–H groups in total. The average Bonchev–Trinajstić information content (AvgIpc) is 2.53. The van der Waals surface area contributed by atoms with Gasteiger partial charge in [-0.05, 0) is 25.3 Å². The van der Waals surface area contributed by atoms with E-state index in [0.717, 1.165) is 12.0 Å². The van der Waals surface area contributed by atoms with Crippen LogP contribution in [0.2, 0.25) is 0 Å². The van der Waals surface area contributed by atoms with Crippen molar-refractivity contribution in [2.24, 2.45) is 5.41 Å². The largest absolute Gasteiger partial charge is 0.392 e. The van der Waals surface area contributed by atoms with E-state index in [-0.39, 0.29) is 0 Å². The Morgan fingerprint density at radius 2 is 1.88 bits per heavy atom. The van der Waals surface area contributed by atoms with Crippen molar-refractivity contribution in [3.63, 3.8) is 0 Å². The van der Waals surface area contributed by atoms with Gasteiger partial charge in [-0.15, -0.1) is 0 Å². The highest BCUT2D eigenvalue weighted by Gasteiger charge is 2.55. The van der Waals surface area contributed by atoms with Crippen LogP contribution in [-0.2, 0) is 5.41 Å². The minimum absolute atomic E-state index is 0.392. The predicted octanol–water partition coefficient (Wildman–Crippen LogP) is 2.94. The smallest absolute Gasteiger partial charge is 0.0898 e. The van der Waals surface area contributed by atoms with E-state index in [0.29, 0.717) is 6.42 Å². The van der Waals surface area contributed by atoms with E-state index < -0.39 is 16.9 Å². The maximum absolute atomic E-state index is 10.1. The van der Waals surface area contributed by atoms with Gasteiger partial charge in [-0.1, -0.05) is 43.7 Å². The molecule has 2 rings (SSSR count). The third-order valence-corrected chi connectivity index (χ3v) is 4.46. The number of nitriles is 1. The lowest BCUT2D eigenvalue weighted by molar-refractivity contribution is 0.0553. The van der Waals surface area contributed by atoms with Crippen molar-refractivity contribution < 1.29 is 5.11 Å². The first-order chi connectivity index (χ1) is 7.94. The summed E-state index contributed by atoms with van der Waals surface area (Å²) in [5.74, 6) is 0. The average molecular weight is 229 g/mol. The summed E-state index contributed by atoms with van der Waals surface area (Å²) in [6.07, 6.45) is 1.04. The summed E-state index contributed by atoms with van der Waals surface area (Å²) in [5, 5.41) is 19.7. The zero-order valence-corrected chi connectivity index (χ0v) is 10.7. The first kappa shape index (κ1) is 12.1. The van der Waals surface area contributed by atoms with Gasteiger partial charge >= 0.3 is 0 Å². The Labute approximate surface area is 103 Å². The van der Waals surface area contributed by atoms with Crippen LogP contribution < -0.4 is 0 Å². The molecule has 2 unspecified atom stereocenters. The van der Waals surface area contributed by atoms with Crippen molar-refractivity contribution in [3.8, 4) is 6.07 Å². The van der Waals surface area contributed by atoms with Gasteiger partial charge in [0.15, 0.2) is 0 Å². The van der Waals surface area contributed by atoms with E-state index in [1.807, 2.05) is 45.0 Å². The monoisotopic (exact) mass is 229 g/mol. The maximum Gasteiger partial charge on any atom is 0.0898 e. The topological polar surface area (TPSA) is 44.0 Å². The molecule has 2 heteroatoms. The number of rotatable bonds is 1. The zero-order valence-electron chi connectivity index (χ0n) is 10.7. The summed E-state index contributed by atoms with van der Waals surface area (Å²) in [4.78, 5) is 0. The SMILES string of the molecule is Cc1ccc(C2(C#N)CCC(O)C2(C)C)cc1. The molecule has 1 aliphatic carbocycles. The molecule has 0 bridgehead atoms. The van der Waals surface area contributed by atoms with E-state index in [2.05, 4.69) is 6.07 Å². The molecular weight excluding hydrogens is 210 g/mol. The van der Waals surface area contributed by atoms with Gasteiger partial charge in [-0.3, -0.25) is 0 Å². The van der Waals surface area contributed by atoms with Crippen molar-refractivity contribution >= 4 is 0 Å². The first-order valence-corrected chi connectivity index (χ1v) is 6.10. The van der Waals surface area contributed by atoms with Crippen LogP contribution in [0, 0.1) is 23.7 Å². The summed E-state index contributed by atoms with van der Waals surface area (Å²) in [6, 6.07) is 10.6. The van der Waals surface area contributed by atoms with Crippen LogP contribution in [0.4, 0.5) is 0 Å². The molecule has 1 aliphatic rings. The van der Waals surface area contributed by atoms with E-state index >= 15 is 0 Å². The van der Waals surface area contributed by atoms with Gasteiger partial charge in [-0.2, -0.15) is 5.26 Å². The lowest BCUT2D eigenvalue weighted by Crippen LogP contribution is -2.41. The van der Waals surface area contributed by atoms with Gasteiger partial charge in [-0.25, -0.2) is 0 Å². The minimum atomic E-state index is -0.555. The van der Waals surface area contributed by atoms with Crippen LogP contribution in [0.1, 0.15) is 37.8 Å². The molecule has 2 atom stereocenters. The van der Waals surface area contributed by atoms with Crippen molar-refractivity contribution in [1.29, 1.82) is 5.26 Å². The van der Waals surface area contributed by atoms with Crippen LogP contribution in [0.25, 0.3) is 0 Å². The molecule has 0 radical (unpaired) electrons. The molecule has 1 saturated carbocycles. The highest BCUT2D eigenvalue weighted by atomic mass is 16.3. The summed E-state index contributed by atoms with van der Waals surface area (Å²) < 4.78 is 0. The predicted molar refractivity (Wildman–Crippen MR) is 67.5 cm³/mol. The van der Waals surface area contributed by atoms with Crippen LogP contribution >= 0.6 is 0 Å². The molecule has 1 fully saturated rings. The molecule has 0 spiro atoms. The second-order valence-corrected chi connectivity index (χ2v) is 5.66.